The van der Waals surface area contributed by atoms with Gasteiger partial charge >= 0.3 is 6.18 Å². The minimum absolute atomic E-state index is 0.0512. The maximum atomic E-state index is 12.8. The van der Waals surface area contributed by atoms with E-state index >= 15 is 0 Å². The van der Waals surface area contributed by atoms with Crippen LogP contribution in [-0.4, -0.2) is 16.3 Å². The van der Waals surface area contributed by atoms with Crippen molar-refractivity contribution in [1.82, 2.24) is 15.1 Å². The molecule has 6 heteroatoms. The maximum Gasteiger partial charge on any atom is 0.435 e. The van der Waals surface area contributed by atoms with Crippen molar-refractivity contribution >= 4 is 0 Å². The first kappa shape index (κ1) is 11.4. The Kier molecular flexibility index (Phi) is 2.69. The second-order valence-electron chi connectivity index (χ2n) is 4.24. The fraction of sp³-hybridized carbons (Fsp3) is 0.700. The predicted molar refractivity (Wildman–Crippen MR) is 53.0 cm³/mol. The monoisotopic (exact) mass is 233 g/mol. The third-order valence-corrected chi connectivity index (χ3v) is 2.72. The zero-order chi connectivity index (χ0) is 11.9. The van der Waals surface area contributed by atoms with Crippen LogP contribution in [0, 0.1) is 0 Å². The largest absolute Gasteiger partial charge is 0.435 e. The summed E-state index contributed by atoms with van der Waals surface area (Å²) < 4.78 is 39.7. The Labute approximate surface area is 91.6 Å². The highest BCUT2D eigenvalue weighted by Gasteiger charge is 2.39. The third-order valence-electron chi connectivity index (χ3n) is 2.72. The van der Waals surface area contributed by atoms with Crippen molar-refractivity contribution < 1.29 is 13.2 Å². The van der Waals surface area contributed by atoms with Gasteiger partial charge in [0.2, 0.25) is 0 Å². The topological polar surface area (TPSA) is 29.9 Å². The van der Waals surface area contributed by atoms with E-state index in [1.165, 1.54) is 4.68 Å². The Morgan fingerprint density at radius 1 is 1.38 bits per heavy atom. The quantitative estimate of drug-likeness (QED) is 0.805. The molecular formula is C10H14F3N3. The smallest absolute Gasteiger partial charge is 0.311 e. The first-order valence-electron chi connectivity index (χ1n) is 5.29. The number of rotatable bonds is 1. The summed E-state index contributed by atoms with van der Waals surface area (Å²) in [5, 5.41) is 6.79. The second-order valence-corrected chi connectivity index (χ2v) is 4.24. The molecule has 0 unspecified atom stereocenters. The second kappa shape index (κ2) is 3.76. The molecule has 1 N–H and O–H groups in total. The molecule has 0 aromatic carbocycles. The van der Waals surface area contributed by atoms with Crippen LogP contribution < -0.4 is 5.32 Å². The molecule has 1 aromatic heterocycles. The molecule has 2 rings (SSSR count). The Bertz CT molecular complexity index is 393. The molecule has 0 bridgehead atoms. The van der Waals surface area contributed by atoms with E-state index in [0.717, 1.165) is 0 Å². The van der Waals surface area contributed by atoms with Gasteiger partial charge in [-0.2, -0.15) is 18.3 Å². The van der Waals surface area contributed by atoms with Gasteiger partial charge in [-0.1, -0.05) is 0 Å². The molecule has 0 amide bonds. The van der Waals surface area contributed by atoms with Gasteiger partial charge in [0, 0.05) is 18.2 Å². The van der Waals surface area contributed by atoms with Gasteiger partial charge in [-0.15, -0.1) is 0 Å². The molecule has 90 valence electrons. The molecule has 2 heterocycles. The zero-order valence-electron chi connectivity index (χ0n) is 9.23. The van der Waals surface area contributed by atoms with Crippen molar-refractivity contribution in [2.45, 2.75) is 39.0 Å². The number of aromatic nitrogens is 2. The van der Waals surface area contributed by atoms with E-state index in [2.05, 4.69) is 10.4 Å². The van der Waals surface area contributed by atoms with Crippen LogP contribution in [-0.2, 0) is 19.1 Å². The molecule has 0 saturated heterocycles. The van der Waals surface area contributed by atoms with Gasteiger partial charge in [0.05, 0.1) is 5.69 Å². The van der Waals surface area contributed by atoms with Crippen LogP contribution in [0.25, 0.3) is 0 Å². The molecule has 1 aliphatic heterocycles. The van der Waals surface area contributed by atoms with Crippen LogP contribution in [0.3, 0.4) is 0 Å². The summed E-state index contributed by atoms with van der Waals surface area (Å²) >= 11 is 0. The molecule has 16 heavy (non-hydrogen) atoms. The molecule has 1 aromatic rings. The van der Waals surface area contributed by atoms with Crippen molar-refractivity contribution in [3.8, 4) is 0 Å². The number of nitrogens with zero attached hydrogens (tertiary/aromatic N) is 2. The Morgan fingerprint density at radius 2 is 2.06 bits per heavy atom. The van der Waals surface area contributed by atoms with Crippen molar-refractivity contribution in [2.75, 3.05) is 6.54 Å². The van der Waals surface area contributed by atoms with Crippen molar-refractivity contribution in [1.29, 1.82) is 0 Å². The van der Waals surface area contributed by atoms with E-state index in [-0.39, 0.29) is 6.04 Å². The third kappa shape index (κ3) is 1.81. The average Bonchev–Trinajstić information content (AvgIpc) is 2.56. The van der Waals surface area contributed by atoms with Gasteiger partial charge in [0.1, 0.15) is 0 Å². The van der Waals surface area contributed by atoms with Gasteiger partial charge < -0.3 is 5.32 Å². The van der Waals surface area contributed by atoms with Gasteiger partial charge in [-0.3, -0.25) is 4.68 Å². The maximum absolute atomic E-state index is 12.8. The van der Waals surface area contributed by atoms with E-state index in [4.69, 9.17) is 0 Å². The lowest BCUT2D eigenvalue weighted by Gasteiger charge is -2.17. The summed E-state index contributed by atoms with van der Waals surface area (Å²) in [5.74, 6) is 0. The molecule has 0 spiro atoms. The van der Waals surface area contributed by atoms with Crippen molar-refractivity contribution in [3.05, 3.63) is 17.0 Å². The van der Waals surface area contributed by atoms with Crippen LogP contribution in [0.15, 0.2) is 0 Å². The van der Waals surface area contributed by atoms with Gasteiger partial charge in [0.25, 0.3) is 0 Å². The van der Waals surface area contributed by atoms with E-state index in [9.17, 15) is 13.2 Å². The van der Waals surface area contributed by atoms with Crippen LogP contribution in [0.5, 0.6) is 0 Å². The van der Waals surface area contributed by atoms with Crippen LogP contribution in [0.2, 0.25) is 0 Å². The standard InChI is InChI=1S/C10H14F3N3/c1-6(2)16-8-5-14-4-3-7(8)9(15-16)10(11,12)13/h6,14H,3-5H2,1-2H3. The zero-order valence-corrected chi connectivity index (χ0v) is 9.23. The van der Waals surface area contributed by atoms with Crippen molar-refractivity contribution in [2.24, 2.45) is 0 Å². The highest BCUT2D eigenvalue weighted by molar-refractivity contribution is 5.31. The molecule has 3 nitrogen and oxygen atoms in total. The molecule has 1 aliphatic rings. The van der Waals surface area contributed by atoms with E-state index < -0.39 is 11.9 Å². The Balaban J connectivity index is 2.55. The summed E-state index contributed by atoms with van der Waals surface area (Å²) in [6.07, 6.45) is -3.95. The SMILES string of the molecule is CC(C)n1nc(C(F)(F)F)c2c1CNCC2. The lowest BCUT2D eigenvalue weighted by atomic mass is 10.1. The fourth-order valence-electron chi connectivity index (χ4n) is 2.03. The molecule has 0 fully saturated rings. The minimum Gasteiger partial charge on any atom is -0.311 e. The first-order valence-corrected chi connectivity index (χ1v) is 5.29. The van der Waals surface area contributed by atoms with E-state index in [1.807, 2.05) is 13.8 Å². The number of hydrogen-bond acceptors (Lipinski definition) is 2. The van der Waals surface area contributed by atoms with Crippen LogP contribution in [0.4, 0.5) is 13.2 Å². The summed E-state index contributed by atoms with van der Waals surface area (Å²) in [5.41, 5.74) is 0.325. The number of halogens is 3. The van der Waals surface area contributed by atoms with Crippen molar-refractivity contribution in [3.63, 3.8) is 0 Å². The summed E-state index contributed by atoms with van der Waals surface area (Å²) in [6.45, 7) is 4.72. The predicted octanol–water partition coefficient (Wildman–Crippen LogP) is 2.13. The van der Waals surface area contributed by atoms with E-state index in [0.29, 0.717) is 30.8 Å². The highest BCUT2D eigenvalue weighted by atomic mass is 19.4. The minimum atomic E-state index is -4.35. The van der Waals surface area contributed by atoms with E-state index in [1.54, 1.807) is 0 Å². The molecule has 0 atom stereocenters. The number of fused-ring (bicyclic) bond motifs is 1. The van der Waals surface area contributed by atoms with Gasteiger partial charge in [-0.05, 0) is 26.8 Å². The lowest BCUT2D eigenvalue weighted by molar-refractivity contribution is -0.142. The van der Waals surface area contributed by atoms with Gasteiger partial charge in [0.15, 0.2) is 5.69 Å². The summed E-state index contributed by atoms with van der Waals surface area (Å²) in [4.78, 5) is 0. The lowest BCUT2D eigenvalue weighted by Crippen LogP contribution is -2.26. The summed E-state index contributed by atoms with van der Waals surface area (Å²) in [7, 11) is 0. The first-order chi connectivity index (χ1) is 7.41. The molecule has 0 saturated carbocycles. The number of hydrogen-bond donors (Lipinski definition) is 1. The average molecular weight is 233 g/mol. The Morgan fingerprint density at radius 3 is 2.62 bits per heavy atom. The molecule has 0 radical (unpaired) electrons. The number of alkyl halides is 3. The number of nitrogens with one attached hydrogen (secondary N) is 1. The van der Waals surface area contributed by atoms with Crippen LogP contribution in [0.1, 0.15) is 36.8 Å². The van der Waals surface area contributed by atoms with Crippen LogP contribution >= 0.6 is 0 Å². The fourth-order valence-corrected chi connectivity index (χ4v) is 2.03. The normalized spacial score (nSPS) is 16.6. The summed E-state index contributed by atoms with van der Waals surface area (Å²) in [6, 6.07) is -0.0512. The molecule has 0 aliphatic carbocycles. The Hall–Kier alpha value is -1.04. The molecular weight excluding hydrogens is 219 g/mol. The van der Waals surface area contributed by atoms with Gasteiger partial charge in [-0.25, -0.2) is 0 Å². The highest BCUT2D eigenvalue weighted by Crippen LogP contribution is 2.34.